The molecule has 106 valence electrons. The Balaban J connectivity index is 3.76. The van der Waals surface area contributed by atoms with E-state index in [1.165, 1.54) is 14.0 Å². The van der Waals surface area contributed by atoms with Gasteiger partial charge in [0.2, 0.25) is 0 Å². The van der Waals surface area contributed by atoms with Gasteiger partial charge in [-0.05, 0) is 20.3 Å². The number of aliphatic hydroxyl groups is 1. The molecular formula is C12H22O6. The second-order valence-corrected chi connectivity index (χ2v) is 4.03. The summed E-state index contributed by atoms with van der Waals surface area (Å²) in [7, 11) is 1.43. The quantitative estimate of drug-likeness (QED) is 0.460. The third kappa shape index (κ3) is 9.09. The van der Waals surface area contributed by atoms with Crippen molar-refractivity contribution in [1.29, 1.82) is 0 Å². The predicted octanol–water partition coefficient (Wildman–Crippen LogP) is 0.659. The molecule has 18 heavy (non-hydrogen) atoms. The second-order valence-electron chi connectivity index (χ2n) is 4.03. The number of ketones is 1. The van der Waals surface area contributed by atoms with Gasteiger partial charge in [0, 0.05) is 20.0 Å². The Hall–Kier alpha value is -0.980. The molecular weight excluding hydrogens is 240 g/mol. The van der Waals surface area contributed by atoms with Crippen LogP contribution in [0.15, 0.2) is 0 Å². The van der Waals surface area contributed by atoms with Crippen molar-refractivity contribution in [1.82, 2.24) is 0 Å². The van der Waals surface area contributed by atoms with E-state index < -0.39 is 12.3 Å². The Morgan fingerprint density at radius 3 is 2.44 bits per heavy atom. The van der Waals surface area contributed by atoms with E-state index in [4.69, 9.17) is 19.3 Å². The van der Waals surface area contributed by atoms with Gasteiger partial charge in [0.25, 0.3) is 0 Å². The maximum Gasteiger partial charge on any atom is 0.305 e. The Morgan fingerprint density at radius 1 is 1.28 bits per heavy atom. The number of carbonyl (C=O) groups excluding carboxylic acids is 2. The molecule has 0 heterocycles. The summed E-state index contributed by atoms with van der Waals surface area (Å²) in [6, 6.07) is 0. The van der Waals surface area contributed by atoms with Crippen LogP contribution in [0.2, 0.25) is 0 Å². The van der Waals surface area contributed by atoms with E-state index in [0.29, 0.717) is 12.8 Å². The van der Waals surface area contributed by atoms with Crippen LogP contribution in [0, 0.1) is 0 Å². The molecule has 0 aromatic rings. The number of esters is 1. The van der Waals surface area contributed by atoms with E-state index >= 15 is 0 Å². The molecule has 0 amide bonds. The van der Waals surface area contributed by atoms with Gasteiger partial charge in [0.05, 0.1) is 12.7 Å². The molecule has 2 unspecified atom stereocenters. The Bertz CT molecular complexity index is 253. The van der Waals surface area contributed by atoms with Crippen molar-refractivity contribution in [3.63, 3.8) is 0 Å². The van der Waals surface area contributed by atoms with Crippen molar-refractivity contribution in [2.75, 3.05) is 20.3 Å². The minimum Gasteiger partial charge on any atom is -0.460 e. The van der Waals surface area contributed by atoms with Crippen molar-refractivity contribution in [3.8, 4) is 0 Å². The van der Waals surface area contributed by atoms with Gasteiger partial charge in [-0.15, -0.1) is 0 Å². The molecule has 0 aromatic carbocycles. The van der Waals surface area contributed by atoms with Crippen molar-refractivity contribution in [3.05, 3.63) is 0 Å². The average Bonchev–Trinajstić information content (AvgIpc) is 2.33. The van der Waals surface area contributed by atoms with Gasteiger partial charge in [-0.1, -0.05) is 0 Å². The van der Waals surface area contributed by atoms with Crippen LogP contribution in [0.5, 0.6) is 0 Å². The largest absolute Gasteiger partial charge is 0.460 e. The van der Waals surface area contributed by atoms with Crippen LogP contribution in [0.4, 0.5) is 0 Å². The van der Waals surface area contributed by atoms with Crippen LogP contribution in [0.3, 0.4) is 0 Å². The molecule has 0 aliphatic rings. The zero-order chi connectivity index (χ0) is 14.0. The lowest BCUT2D eigenvalue weighted by Gasteiger charge is -2.19. The highest BCUT2D eigenvalue weighted by Crippen LogP contribution is 2.03. The summed E-state index contributed by atoms with van der Waals surface area (Å²) in [5.41, 5.74) is 0. The smallest absolute Gasteiger partial charge is 0.305 e. The molecule has 1 N–H and O–H groups in total. The first kappa shape index (κ1) is 17.0. The lowest BCUT2D eigenvalue weighted by atomic mass is 10.2. The molecule has 0 radical (unpaired) electrons. The summed E-state index contributed by atoms with van der Waals surface area (Å²) in [5, 5.41) is 8.80. The summed E-state index contributed by atoms with van der Waals surface area (Å²) in [4.78, 5) is 22.0. The van der Waals surface area contributed by atoms with Gasteiger partial charge in [-0.3, -0.25) is 4.79 Å². The fourth-order valence-corrected chi connectivity index (χ4v) is 1.18. The number of methoxy groups -OCH3 is 1. The monoisotopic (exact) mass is 262 g/mol. The van der Waals surface area contributed by atoms with Crippen LogP contribution >= 0.6 is 0 Å². The summed E-state index contributed by atoms with van der Waals surface area (Å²) < 4.78 is 15.1. The molecule has 6 heteroatoms. The number of Topliss-reactive ketones (excluding diaryl/α,β-unsaturated/α-hetero) is 1. The highest BCUT2D eigenvalue weighted by Gasteiger charge is 2.14. The van der Waals surface area contributed by atoms with Crippen LogP contribution in [-0.2, 0) is 23.8 Å². The molecule has 6 nitrogen and oxygen atoms in total. The second kappa shape index (κ2) is 9.99. The highest BCUT2D eigenvalue weighted by atomic mass is 16.7. The number of hydrogen-bond donors (Lipinski definition) is 1. The summed E-state index contributed by atoms with van der Waals surface area (Å²) in [6.45, 7) is 3.00. The molecule has 0 aromatic heterocycles. The number of carbonyl (C=O) groups is 2. The topological polar surface area (TPSA) is 82.1 Å². The third-order valence-electron chi connectivity index (χ3n) is 2.19. The van der Waals surface area contributed by atoms with Crippen LogP contribution < -0.4 is 0 Å². The Kier molecular flexibility index (Phi) is 9.45. The first-order chi connectivity index (χ1) is 8.49. The normalized spacial score (nSPS) is 14.0. The molecule has 0 fully saturated rings. The fourth-order valence-electron chi connectivity index (χ4n) is 1.18. The minimum atomic E-state index is -0.691. The maximum absolute atomic E-state index is 11.3. The zero-order valence-electron chi connectivity index (χ0n) is 11.2. The van der Waals surface area contributed by atoms with E-state index in [1.54, 1.807) is 6.92 Å². The van der Waals surface area contributed by atoms with Crippen molar-refractivity contribution in [2.24, 2.45) is 0 Å². The van der Waals surface area contributed by atoms with E-state index in [1.807, 2.05) is 0 Å². The van der Waals surface area contributed by atoms with E-state index in [9.17, 15) is 9.59 Å². The zero-order valence-corrected chi connectivity index (χ0v) is 11.2. The summed E-state index contributed by atoms with van der Waals surface area (Å²) in [6.07, 6.45) is -0.0122. The molecule has 0 aliphatic carbocycles. The number of ether oxygens (including phenoxy) is 3. The van der Waals surface area contributed by atoms with Gasteiger partial charge in [0.15, 0.2) is 6.29 Å². The van der Waals surface area contributed by atoms with E-state index in [2.05, 4.69) is 0 Å². The van der Waals surface area contributed by atoms with Crippen molar-refractivity contribution in [2.45, 2.75) is 45.5 Å². The lowest BCUT2D eigenvalue weighted by Crippen LogP contribution is -2.29. The highest BCUT2D eigenvalue weighted by molar-refractivity contribution is 5.76. The maximum atomic E-state index is 11.3. The fraction of sp³-hybridized carbons (Fsp3) is 0.833. The van der Waals surface area contributed by atoms with Gasteiger partial charge in [0.1, 0.15) is 12.4 Å². The minimum absolute atomic E-state index is 0.0280. The third-order valence-corrected chi connectivity index (χ3v) is 2.19. The standard InChI is InChI=1S/C12H22O6/c1-9(14)5-4-6-11(15)17-8-12(16-3)18-10(2)7-13/h10,12-13H,4-8H2,1-3H3. The first-order valence-corrected chi connectivity index (χ1v) is 5.93. The number of hydrogen-bond acceptors (Lipinski definition) is 6. The van der Waals surface area contributed by atoms with E-state index in [-0.39, 0.29) is 31.5 Å². The predicted molar refractivity (Wildman–Crippen MR) is 63.9 cm³/mol. The number of rotatable bonds is 10. The average molecular weight is 262 g/mol. The Morgan fingerprint density at radius 2 is 1.94 bits per heavy atom. The van der Waals surface area contributed by atoms with Crippen molar-refractivity contribution < 1.29 is 28.9 Å². The lowest BCUT2D eigenvalue weighted by molar-refractivity contribution is -0.191. The number of aliphatic hydroxyl groups excluding tert-OH is 1. The molecule has 0 bridgehead atoms. The van der Waals surface area contributed by atoms with Gasteiger partial charge >= 0.3 is 5.97 Å². The van der Waals surface area contributed by atoms with Crippen molar-refractivity contribution >= 4 is 11.8 Å². The van der Waals surface area contributed by atoms with Crippen LogP contribution in [-0.4, -0.2) is 49.6 Å². The van der Waals surface area contributed by atoms with Gasteiger partial charge in [-0.25, -0.2) is 0 Å². The molecule has 0 aliphatic heterocycles. The van der Waals surface area contributed by atoms with Crippen LogP contribution in [0.25, 0.3) is 0 Å². The first-order valence-electron chi connectivity index (χ1n) is 5.93. The molecule has 0 saturated carbocycles. The Labute approximate surface area is 107 Å². The van der Waals surface area contributed by atoms with E-state index in [0.717, 1.165) is 0 Å². The molecule has 2 atom stereocenters. The van der Waals surface area contributed by atoms with Crippen LogP contribution in [0.1, 0.15) is 33.1 Å². The van der Waals surface area contributed by atoms with Gasteiger partial charge in [-0.2, -0.15) is 0 Å². The molecule has 0 spiro atoms. The molecule has 0 saturated heterocycles. The summed E-state index contributed by atoms with van der Waals surface area (Å²) >= 11 is 0. The SMILES string of the molecule is COC(COC(=O)CCCC(C)=O)OC(C)CO. The summed E-state index contributed by atoms with van der Waals surface area (Å²) in [5.74, 6) is -0.337. The molecule has 0 rings (SSSR count). The van der Waals surface area contributed by atoms with Gasteiger partial charge < -0.3 is 24.1 Å².